The molecule has 0 saturated carbocycles. The third-order valence-electron chi connectivity index (χ3n) is 6.39. The molecule has 4 aromatic carbocycles. The molecule has 0 aliphatic carbocycles. The number of hydrazone groups is 1. The first-order chi connectivity index (χ1) is 20.6. The van der Waals surface area contributed by atoms with Crippen LogP contribution in [0.5, 0.6) is 5.75 Å². The largest absolute Gasteiger partial charge is 0.484 e. The van der Waals surface area contributed by atoms with Gasteiger partial charge in [-0.2, -0.15) is 5.10 Å². The Kier molecular flexibility index (Phi) is 10.5. The maximum absolute atomic E-state index is 13.4. The van der Waals surface area contributed by atoms with Crippen LogP contribution in [-0.2, 0) is 19.6 Å². The van der Waals surface area contributed by atoms with Gasteiger partial charge in [0.25, 0.3) is 21.8 Å². The highest BCUT2D eigenvalue weighted by Crippen LogP contribution is 2.28. The molecule has 0 aromatic heterocycles. The fourth-order valence-electron chi connectivity index (χ4n) is 4.02. The van der Waals surface area contributed by atoms with Gasteiger partial charge in [0, 0.05) is 5.02 Å². The second-order valence-electron chi connectivity index (χ2n) is 9.61. The van der Waals surface area contributed by atoms with Gasteiger partial charge in [-0.3, -0.25) is 13.9 Å². The summed E-state index contributed by atoms with van der Waals surface area (Å²) >= 11 is 6.26. The number of sulfonamides is 1. The molecule has 1 unspecified atom stereocenters. The quantitative estimate of drug-likeness (QED) is 0.166. The number of benzene rings is 4. The Morgan fingerprint density at radius 2 is 1.58 bits per heavy atom. The number of nitrogens with zero attached hydrogens (tertiary/aromatic N) is 2. The topological polar surface area (TPSA) is 117 Å². The van der Waals surface area contributed by atoms with Crippen molar-refractivity contribution in [3.05, 3.63) is 125 Å². The molecular weight excluding hydrogens is 588 g/mol. The summed E-state index contributed by atoms with van der Waals surface area (Å²) in [5.41, 5.74) is 5.04. The number of nitrogens with one attached hydrogen (secondary N) is 2. The first-order valence-corrected chi connectivity index (χ1v) is 15.2. The van der Waals surface area contributed by atoms with Gasteiger partial charge < -0.3 is 10.1 Å². The predicted molar refractivity (Wildman–Crippen MR) is 168 cm³/mol. The van der Waals surface area contributed by atoms with E-state index in [2.05, 4.69) is 15.8 Å². The van der Waals surface area contributed by atoms with Crippen molar-refractivity contribution in [1.82, 2.24) is 10.7 Å². The van der Waals surface area contributed by atoms with E-state index in [1.54, 1.807) is 61.5 Å². The number of hydrogen-bond donors (Lipinski definition) is 2. The van der Waals surface area contributed by atoms with Gasteiger partial charge in [0.15, 0.2) is 6.61 Å². The minimum Gasteiger partial charge on any atom is -0.484 e. The molecule has 0 fully saturated rings. The molecule has 0 radical (unpaired) electrons. The molecule has 43 heavy (non-hydrogen) atoms. The fraction of sp³-hybridized carbons (Fsp3) is 0.156. The van der Waals surface area contributed by atoms with Crippen molar-refractivity contribution < 1.29 is 22.7 Å². The standard InChI is InChI=1S/C32H31ClN4O5S/c1-23-13-16-27(19-30(23)33)37(43(40,41)29-11-7-4-8-12-29)21-31(38)36-34-20-25-14-17-28(18-15-25)42-22-32(39)35-24(2)26-9-5-3-6-10-26/h3-20,24H,21-22H2,1-2H3,(H,35,39)(H,36,38)/b34-20+. The first kappa shape index (κ1) is 31.3. The highest BCUT2D eigenvalue weighted by Gasteiger charge is 2.27. The van der Waals surface area contributed by atoms with Crippen molar-refractivity contribution in [2.24, 2.45) is 5.10 Å². The van der Waals surface area contributed by atoms with E-state index >= 15 is 0 Å². The number of carbonyl (C=O) groups is 2. The lowest BCUT2D eigenvalue weighted by atomic mass is 10.1. The van der Waals surface area contributed by atoms with Crippen molar-refractivity contribution in [1.29, 1.82) is 0 Å². The summed E-state index contributed by atoms with van der Waals surface area (Å²) in [7, 11) is -4.07. The Morgan fingerprint density at radius 3 is 2.23 bits per heavy atom. The zero-order valence-corrected chi connectivity index (χ0v) is 25.2. The second kappa shape index (κ2) is 14.5. The van der Waals surface area contributed by atoms with Gasteiger partial charge in [-0.1, -0.05) is 66.2 Å². The van der Waals surface area contributed by atoms with Crippen molar-refractivity contribution in [3.63, 3.8) is 0 Å². The van der Waals surface area contributed by atoms with E-state index in [-0.39, 0.29) is 29.1 Å². The molecule has 4 aromatic rings. The van der Waals surface area contributed by atoms with Crippen LogP contribution in [0.2, 0.25) is 5.02 Å². The number of anilines is 1. The van der Waals surface area contributed by atoms with Crippen LogP contribution in [0, 0.1) is 6.92 Å². The molecule has 0 aliphatic heterocycles. The molecular formula is C32H31ClN4O5S. The number of rotatable bonds is 12. The normalized spacial score (nSPS) is 12.0. The third kappa shape index (κ3) is 8.67. The van der Waals surface area contributed by atoms with Crippen LogP contribution < -0.4 is 19.8 Å². The van der Waals surface area contributed by atoms with Crippen LogP contribution in [0.4, 0.5) is 5.69 Å². The molecule has 9 nitrogen and oxygen atoms in total. The van der Waals surface area contributed by atoms with E-state index in [4.69, 9.17) is 16.3 Å². The molecule has 2 N–H and O–H groups in total. The summed E-state index contributed by atoms with van der Waals surface area (Å²) in [6.07, 6.45) is 1.41. The van der Waals surface area contributed by atoms with Gasteiger partial charge in [-0.15, -0.1) is 0 Å². The average molecular weight is 619 g/mol. The molecule has 0 spiro atoms. The molecule has 1 atom stereocenters. The SMILES string of the molecule is Cc1ccc(N(CC(=O)N/N=C/c2ccc(OCC(=O)NC(C)c3ccccc3)cc2)S(=O)(=O)c2ccccc2)cc1Cl. The van der Waals surface area contributed by atoms with E-state index in [9.17, 15) is 18.0 Å². The number of aryl methyl sites for hydroxylation is 1. The average Bonchev–Trinajstić information content (AvgIpc) is 3.01. The lowest BCUT2D eigenvalue weighted by Crippen LogP contribution is -2.39. The van der Waals surface area contributed by atoms with E-state index in [0.29, 0.717) is 16.3 Å². The van der Waals surface area contributed by atoms with E-state index < -0.39 is 22.5 Å². The number of carbonyl (C=O) groups excluding carboxylic acids is 2. The molecule has 0 aliphatic rings. The lowest BCUT2D eigenvalue weighted by molar-refractivity contribution is -0.123. The summed E-state index contributed by atoms with van der Waals surface area (Å²) < 4.78 is 33.4. The van der Waals surface area contributed by atoms with Crippen LogP contribution in [-0.4, -0.2) is 39.6 Å². The summed E-state index contributed by atoms with van der Waals surface area (Å²) in [6, 6.07) is 28.9. The van der Waals surface area contributed by atoms with Crippen LogP contribution in [0.25, 0.3) is 0 Å². The monoisotopic (exact) mass is 618 g/mol. The van der Waals surface area contributed by atoms with Gasteiger partial charge >= 0.3 is 0 Å². The van der Waals surface area contributed by atoms with E-state index in [0.717, 1.165) is 15.4 Å². The smallest absolute Gasteiger partial charge is 0.264 e. The first-order valence-electron chi connectivity index (χ1n) is 13.4. The number of hydrogen-bond acceptors (Lipinski definition) is 6. The van der Waals surface area contributed by atoms with E-state index in [1.165, 1.54) is 24.4 Å². The van der Waals surface area contributed by atoms with E-state index in [1.807, 2.05) is 37.3 Å². The highest BCUT2D eigenvalue weighted by atomic mass is 35.5. The molecule has 0 bridgehead atoms. The van der Waals surface area contributed by atoms with Gasteiger partial charge in [0.1, 0.15) is 12.3 Å². The molecule has 0 saturated heterocycles. The highest BCUT2D eigenvalue weighted by molar-refractivity contribution is 7.92. The summed E-state index contributed by atoms with van der Waals surface area (Å²) in [5, 5.41) is 7.23. The zero-order chi connectivity index (χ0) is 30.8. The van der Waals surface area contributed by atoms with Gasteiger partial charge in [0.2, 0.25) is 0 Å². The fourth-order valence-corrected chi connectivity index (χ4v) is 5.63. The molecule has 222 valence electrons. The van der Waals surface area contributed by atoms with Crippen LogP contribution in [0.3, 0.4) is 0 Å². The summed E-state index contributed by atoms with van der Waals surface area (Å²) in [5.74, 6) is -0.411. The Balaban J connectivity index is 1.34. The molecule has 4 rings (SSSR count). The second-order valence-corrected chi connectivity index (χ2v) is 11.9. The van der Waals surface area contributed by atoms with Crippen LogP contribution in [0.15, 0.2) is 113 Å². The summed E-state index contributed by atoms with van der Waals surface area (Å²) in [4.78, 5) is 25.1. The van der Waals surface area contributed by atoms with Crippen LogP contribution in [0.1, 0.15) is 29.7 Å². The van der Waals surface area contributed by atoms with Crippen LogP contribution >= 0.6 is 11.6 Å². The minimum atomic E-state index is -4.07. The van der Waals surface area contributed by atoms with Crippen molar-refractivity contribution >= 4 is 45.3 Å². The lowest BCUT2D eigenvalue weighted by Gasteiger charge is -2.24. The zero-order valence-electron chi connectivity index (χ0n) is 23.6. The third-order valence-corrected chi connectivity index (χ3v) is 8.59. The maximum Gasteiger partial charge on any atom is 0.264 e. The van der Waals surface area contributed by atoms with Gasteiger partial charge in [-0.25, -0.2) is 13.8 Å². The maximum atomic E-state index is 13.4. The van der Waals surface area contributed by atoms with Crippen molar-refractivity contribution in [2.45, 2.75) is 24.8 Å². The Morgan fingerprint density at radius 1 is 0.930 bits per heavy atom. The molecule has 2 amide bonds. The van der Waals surface area contributed by atoms with Gasteiger partial charge in [-0.05, 0) is 79.1 Å². The predicted octanol–water partition coefficient (Wildman–Crippen LogP) is 5.25. The Bertz CT molecular complexity index is 1680. The minimum absolute atomic E-state index is 0.0356. The molecule has 11 heteroatoms. The Hall–Kier alpha value is -4.67. The summed E-state index contributed by atoms with van der Waals surface area (Å²) in [6.45, 7) is 3.03. The Labute approximate surface area is 256 Å². The number of amides is 2. The number of ether oxygens (including phenoxy) is 1. The van der Waals surface area contributed by atoms with Gasteiger partial charge in [0.05, 0.1) is 22.8 Å². The van der Waals surface area contributed by atoms with Crippen molar-refractivity contribution in [3.8, 4) is 5.75 Å². The van der Waals surface area contributed by atoms with Crippen molar-refractivity contribution in [2.75, 3.05) is 17.5 Å². The number of halogens is 1. The molecule has 0 heterocycles.